The Balaban J connectivity index is 0.00000242. The van der Waals surface area contributed by atoms with Crippen LogP contribution in [-0.4, -0.2) is 46.8 Å². The Bertz CT molecular complexity index is 430. The fourth-order valence-electron chi connectivity index (χ4n) is 3.00. The lowest BCUT2D eigenvalue weighted by Crippen LogP contribution is -2.40. The van der Waals surface area contributed by atoms with Crippen molar-refractivity contribution in [1.82, 2.24) is 20.0 Å². The van der Waals surface area contributed by atoms with Gasteiger partial charge in [0, 0.05) is 32.0 Å². The normalized spacial score (nSPS) is 18.6. The molecule has 0 saturated carbocycles. The molecule has 0 bridgehead atoms. The highest BCUT2D eigenvalue weighted by molar-refractivity contribution is 14.0. The molecule has 0 aliphatic carbocycles. The zero-order chi connectivity index (χ0) is 15.1. The number of aliphatic imine (C=N–C) groups is 1. The summed E-state index contributed by atoms with van der Waals surface area (Å²) >= 11 is 0. The molecule has 2 rings (SSSR count). The van der Waals surface area contributed by atoms with Gasteiger partial charge in [0.15, 0.2) is 5.96 Å². The van der Waals surface area contributed by atoms with Gasteiger partial charge in [-0.2, -0.15) is 5.10 Å². The van der Waals surface area contributed by atoms with Crippen molar-refractivity contribution in [3.05, 3.63) is 18.5 Å². The molecule has 2 heterocycles. The van der Waals surface area contributed by atoms with Crippen molar-refractivity contribution in [2.75, 3.05) is 26.2 Å². The molecule has 0 amide bonds. The number of rotatable bonds is 6. The van der Waals surface area contributed by atoms with Gasteiger partial charge >= 0.3 is 0 Å². The van der Waals surface area contributed by atoms with E-state index >= 15 is 0 Å². The molecule has 1 aromatic rings. The third-order valence-electron chi connectivity index (χ3n) is 3.87. The van der Waals surface area contributed by atoms with Crippen molar-refractivity contribution >= 4 is 29.9 Å². The lowest BCUT2D eigenvalue weighted by molar-refractivity contribution is 0.403. The van der Waals surface area contributed by atoms with Crippen molar-refractivity contribution in [1.29, 1.82) is 0 Å². The summed E-state index contributed by atoms with van der Waals surface area (Å²) in [7, 11) is 0. The summed E-state index contributed by atoms with van der Waals surface area (Å²) < 4.78 is 1.93. The smallest absolute Gasteiger partial charge is 0.193 e. The summed E-state index contributed by atoms with van der Waals surface area (Å²) in [6.07, 6.45) is 6.41. The van der Waals surface area contributed by atoms with Gasteiger partial charge in [0.1, 0.15) is 0 Å². The minimum Gasteiger partial charge on any atom is -0.357 e. The van der Waals surface area contributed by atoms with Gasteiger partial charge in [-0.05, 0) is 37.7 Å². The highest BCUT2D eigenvalue weighted by Crippen LogP contribution is 2.23. The van der Waals surface area contributed by atoms with Crippen LogP contribution >= 0.6 is 24.0 Å². The molecule has 1 N–H and O–H groups in total. The molecule has 1 aliphatic heterocycles. The van der Waals surface area contributed by atoms with Gasteiger partial charge in [-0.15, -0.1) is 24.0 Å². The predicted octanol–water partition coefficient (Wildman–Crippen LogP) is 2.83. The van der Waals surface area contributed by atoms with Crippen molar-refractivity contribution in [2.45, 2.75) is 40.2 Å². The number of aromatic nitrogens is 2. The zero-order valence-electron chi connectivity index (χ0n) is 14.0. The fraction of sp³-hybridized carbons (Fsp3) is 0.750. The van der Waals surface area contributed by atoms with Gasteiger partial charge in [-0.25, -0.2) is 0 Å². The summed E-state index contributed by atoms with van der Waals surface area (Å²) in [4.78, 5) is 7.17. The van der Waals surface area contributed by atoms with E-state index in [0.29, 0.717) is 0 Å². The van der Waals surface area contributed by atoms with E-state index in [1.54, 1.807) is 0 Å². The quantitative estimate of drug-likeness (QED) is 0.438. The van der Waals surface area contributed by atoms with E-state index in [1.165, 1.54) is 12.8 Å². The Hall–Kier alpha value is -0.790. The monoisotopic (exact) mass is 419 g/mol. The average Bonchev–Trinajstić information content (AvgIpc) is 3.08. The van der Waals surface area contributed by atoms with Gasteiger partial charge in [0.2, 0.25) is 0 Å². The molecule has 0 radical (unpaired) electrons. The molecule has 1 unspecified atom stereocenters. The van der Waals surface area contributed by atoms with Crippen LogP contribution in [0.15, 0.2) is 23.5 Å². The van der Waals surface area contributed by atoms with Crippen LogP contribution in [0.4, 0.5) is 0 Å². The van der Waals surface area contributed by atoms with Crippen LogP contribution in [0.25, 0.3) is 0 Å². The Kier molecular flexibility index (Phi) is 8.82. The second-order valence-electron chi connectivity index (χ2n) is 6.24. The molecule has 5 nitrogen and oxygen atoms in total. The minimum atomic E-state index is 0. The van der Waals surface area contributed by atoms with E-state index in [-0.39, 0.29) is 24.0 Å². The molecule has 0 aromatic carbocycles. The van der Waals surface area contributed by atoms with Gasteiger partial charge in [0.05, 0.1) is 13.1 Å². The van der Waals surface area contributed by atoms with Crippen molar-refractivity contribution in [2.24, 2.45) is 16.8 Å². The van der Waals surface area contributed by atoms with Crippen LogP contribution < -0.4 is 5.32 Å². The van der Waals surface area contributed by atoms with Crippen LogP contribution in [-0.2, 0) is 6.54 Å². The second-order valence-corrected chi connectivity index (χ2v) is 6.24. The minimum absolute atomic E-state index is 0. The molecule has 1 saturated heterocycles. The maximum Gasteiger partial charge on any atom is 0.193 e. The topological polar surface area (TPSA) is 45.5 Å². The van der Waals surface area contributed by atoms with E-state index in [9.17, 15) is 0 Å². The zero-order valence-corrected chi connectivity index (χ0v) is 16.4. The Morgan fingerprint density at radius 2 is 2.27 bits per heavy atom. The predicted molar refractivity (Wildman–Crippen MR) is 103 cm³/mol. The lowest BCUT2D eigenvalue weighted by Gasteiger charge is -2.22. The first-order valence-corrected chi connectivity index (χ1v) is 8.19. The Morgan fingerprint density at radius 3 is 2.91 bits per heavy atom. The van der Waals surface area contributed by atoms with Crippen LogP contribution in [0.2, 0.25) is 0 Å². The molecule has 0 spiro atoms. The Morgan fingerprint density at radius 1 is 1.45 bits per heavy atom. The molecule has 1 atom stereocenters. The number of nitrogens with zero attached hydrogens (tertiary/aromatic N) is 4. The number of hydrogen-bond donors (Lipinski definition) is 1. The fourth-order valence-corrected chi connectivity index (χ4v) is 3.00. The standard InChI is InChI=1S/C16H29N5.HI/c1-4-17-16(18-8-11-21-9-5-7-19-21)20-10-6-15(13-20)12-14(2)3;/h5,7,9,14-15H,4,6,8,10-13H2,1-3H3,(H,17,18);1H. The summed E-state index contributed by atoms with van der Waals surface area (Å²) in [5, 5.41) is 7.64. The average molecular weight is 419 g/mol. The first kappa shape index (κ1) is 19.3. The highest BCUT2D eigenvalue weighted by atomic mass is 127. The molecular weight excluding hydrogens is 389 g/mol. The summed E-state index contributed by atoms with van der Waals surface area (Å²) in [6, 6.07) is 1.95. The van der Waals surface area contributed by atoms with Gasteiger partial charge in [0.25, 0.3) is 0 Å². The number of likely N-dealkylation sites (tertiary alicyclic amines) is 1. The van der Waals surface area contributed by atoms with Crippen LogP contribution in [0.1, 0.15) is 33.6 Å². The maximum absolute atomic E-state index is 4.75. The van der Waals surface area contributed by atoms with Crippen LogP contribution in [0.3, 0.4) is 0 Å². The van der Waals surface area contributed by atoms with Crippen molar-refractivity contribution in [3.8, 4) is 0 Å². The van der Waals surface area contributed by atoms with Gasteiger partial charge in [-0.1, -0.05) is 13.8 Å². The van der Waals surface area contributed by atoms with Gasteiger partial charge in [-0.3, -0.25) is 9.67 Å². The van der Waals surface area contributed by atoms with E-state index in [0.717, 1.165) is 50.5 Å². The molecule has 6 heteroatoms. The number of guanidine groups is 1. The third kappa shape index (κ3) is 6.14. The van der Waals surface area contributed by atoms with E-state index in [2.05, 4.69) is 36.1 Å². The number of nitrogens with one attached hydrogen (secondary N) is 1. The summed E-state index contributed by atoms with van der Waals surface area (Å²) in [5.41, 5.74) is 0. The number of halogens is 1. The Labute approximate surface area is 151 Å². The first-order valence-electron chi connectivity index (χ1n) is 8.19. The van der Waals surface area contributed by atoms with Crippen LogP contribution in [0.5, 0.6) is 0 Å². The second kappa shape index (κ2) is 10.1. The SMILES string of the molecule is CCNC(=NCCn1cccn1)N1CCC(CC(C)C)C1.I. The molecule has 22 heavy (non-hydrogen) atoms. The number of hydrogen-bond acceptors (Lipinski definition) is 2. The summed E-state index contributed by atoms with van der Waals surface area (Å²) in [6.45, 7) is 11.6. The maximum atomic E-state index is 4.75. The molecule has 1 aromatic heterocycles. The molecule has 1 fully saturated rings. The first-order chi connectivity index (χ1) is 10.2. The third-order valence-corrected chi connectivity index (χ3v) is 3.87. The van der Waals surface area contributed by atoms with E-state index < -0.39 is 0 Å². The lowest BCUT2D eigenvalue weighted by atomic mass is 9.97. The molecule has 1 aliphatic rings. The van der Waals surface area contributed by atoms with Crippen molar-refractivity contribution < 1.29 is 0 Å². The highest BCUT2D eigenvalue weighted by Gasteiger charge is 2.25. The van der Waals surface area contributed by atoms with Crippen molar-refractivity contribution in [3.63, 3.8) is 0 Å². The molecule has 126 valence electrons. The summed E-state index contributed by atoms with van der Waals surface area (Å²) in [5.74, 6) is 2.67. The van der Waals surface area contributed by atoms with E-state index in [1.807, 2.05) is 23.1 Å². The largest absolute Gasteiger partial charge is 0.357 e. The van der Waals surface area contributed by atoms with Gasteiger partial charge < -0.3 is 10.2 Å². The van der Waals surface area contributed by atoms with Crippen LogP contribution in [0, 0.1) is 11.8 Å². The van der Waals surface area contributed by atoms with E-state index in [4.69, 9.17) is 4.99 Å². The molecular formula is C16H30IN5.